The van der Waals surface area contributed by atoms with Crippen LogP contribution in [0.25, 0.3) is 0 Å². The van der Waals surface area contributed by atoms with Crippen LogP contribution in [0.3, 0.4) is 0 Å². The Morgan fingerprint density at radius 3 is 2.57 bits per heavy atom. The molecule has 0 spiro atoms. The zero-order valence-electron chi connectivity index (χ0n) is 20.2. The number of hydrogen-bond donors (Lipinski definition) is 0. The Morgan fingerprint density at radius 2 is 1.84 bits per heavy atom. The molecule has 0 aromatic heterocycles. The summed E-state index contributed by atoms with van der Waals surface area (Å²) in [4.78, 5) is 28.9. The highest BCUT2D eigenvalue weighted by Crippen LogP contribution is 2.30. The number of nitriles is 1. The number of carbonyl (C=O) groups excluding carboxylic acids is 2. The van der Waals surface area contributed by atoms with Crippen LogP contribution < -0.4 is 4.90 Å². The summed E-state index contributed by atoms with van der Waals surface area (Å²) >= 11 is 6.27. The number of halogens is 3. The summed E-state index contributed by atoms with van der Waals surface area (Å²) < 4.78 is 28.4. The normalized spacial score (nSPS) is 14.9. The van der Waals surface area contributed by atoms with Crippen molar-refractivity contribution in [2.75, 3.05) is 18.0 Å². The van der Waals surface area contributed by atoms with Gasteiger partial charge in [-0.15, -0.1) is 0 Å². The number of likely N-dealkylation sites (tertiary alicyclic amines) is 1. The van der Waals surface area contributed by atoms with Crippen LogP contribution in [-0.4, -0.2) is 35.7 Å². The van der Waals surface area contributed by atoms with Crippen molar-refractivity contribution in [1.82, 2.24) is 4.90 Å². The average molecular weight is 522 g/mol. The van der Waals surface area contributed by atoms with Gasteiger partial charge in [0.05, 0.1) is 10.6 Å². The van der Waals surface area contributed by atoms with Crippen molar-refractivity contribution in [1.29, 1.82) is 5.26 Å². The van der Waals surface area contributed by atoms with Crippen LogP contribution in [0.4, 0.5) is 14.5 Å². The second kappa shape index (κ2) is 12.0. The van der Waals surface area contributed by atoms with Crippen molar-refractivity contribution in [3.05, 3.63) is 100 Å². The average Bonchev–Trinajstić information content (AvgIpc) is 3.40. The van der Waals surface area contributed by atoms with E-state index in [1.165, 1.54) is 12.1 Å². The fourth-order valence-corrected chi connectivity index (χ4v) is 4.83. The van der Waals surface area contributed by atoms with Gasteiger partial charge in [-0.2, -0.15) is 5.26 Å². The fraction of sp³-hybridized carbons (Fsp3) is 0.276. The van der Waals surface area contributed by atoms with E-state index in [2.05, 4.69) is 0 Å². The SMILES string of the molecule is N#Cc1ccc(N(Cc2cccc(F)c2F)[C@H]2CCN(C(=O)CCCC(=O)c3ccccc3)C2)cc1Cl. The molecular formula is C29H26ClF2N3O2. The van der Waals surface area contributed by atoms with Gasteiger partial charge in [0.2, 0.25) is 5.91 Å². The van der Waals surface area contributed by atoms with Gasteiger partial charge in [0.15, 0.2) is 17.4 Å². The number of benzene rings is 3. The van der Waals surface area contributed by atoms with E-state index >= 15 is 0 Å². The zero-order valence-corrected chi connectivity index (χ0v) is 20.9. The molecule has 0 bridgehead atoms. The number of carbonyl (C=O) groups is 2. The molecule has 1 atom stereocenters. The third-order valence-electron chi connectivity index (χ3n) is 6.62. The maximum atomic E-state index is 14.5. The number of anilines is 1. The topological polar surface area (TPSA) is 64.4 Å². The molecule has 1 amide bonds. The number of ketones is 1. The Labute approximate surface area is 219 Å². The maximum absolute atomic E-state index is 14.5. The predicted octanol–water partition coefficient (Wildman–Crippen LogP) is 6.15. The van der Waals surface area contributed by atoms with E-state index in [-0.39, 0.29) is 41.3 Å². The minimum Gasteiger partial charge on any atom is -0.362 e. The van der Waals surface area contributed by atoms with E-state index in [9.17, 15) is 23.6 Å². The number of Topliss-reactive ketones (excluding diaryl/α,β-unsaturated/α-hetero) is 1. The first kappa shape index (κ1) is 26.3. The van der Waals surface area contributed by atoms with Crippen molar-refractivity contribution < 1.29 is 18.4 Å². The van der Waals surface area contributed by atoms with Crippen LogP contribution in [0.15, 0.2) is 66.7 Å². The van der Waals surface area contributed by atoms with Gasteiger partial charge in [-0.25, -0.2) is 8.78 Å². The number of rotatable bonds is 9. The third-order valence-corrected chi connectivity index (χ3v) is 6.94. The molecule has 1 aliphatic rings. The highest BCUT2D eigenvalue weighted by molar-refractivity contribution is 6.32. The van der Waals surface area contributed by atoms with Crippen LogP contribution in [0.2, 0.25) is 5.02 Å². The molecule has 1 saturated heterocycles. The van der Waals surface area contributed by atoms with Gasteiger partial charge in [-0.1, -0.05) is 54.1 Å². The summed E-state index contributed by atoms with van der Waals surface area (Å²) in [7, 11) is 0. The first-order valence-corrected chi connectivity index (χ1v) is 12.5. The summed E-state index contributed by atoms with van der Waals surface area (Å²) in [6, 6.07) is 19.9. The molecule has 1 fully saturated rings. The van der Waals surface area contributed by atoms with E-state index in [0.717, 1.165) is 6.07 Å². The van der Waals surface area contributed by atoms with Crippen molar-refractivity contribution >= 4 is 29.0 Å². The van der Waals surface area contributed by atoms with Gasteiger partial charge in [0.1, 0.15) is 6.07 Å². The molecule has 0 saturated carbocycles. The zero-order chi connectivity index (χ0) is 26.4. The molecule has 37 heavy (non-hydrogen) atoms. The lowest BCUT2D eigenvalue weighted by molar-refractivity contribution is -0.130. The molecule has 3 aromatic carbocycles. The molecule has 8 heteroatoms. The van der Waals surface area contributed by atoms with Crippen LogP contribution in [-0.2, 0) is 11.3 Å². The molecule has 0 aliphatic carbocycles. The van der Waals surface area contributed by atoms with Crippen molar-refractivity contribution in [3.8, 4) is 6.07 Å². The Morgan fingerprint density at radius 1 is 1.05 bits per heavy atom. The van der Waals surface area contributed by atoms with Gasteiger partial charge in [-0.05, 0) is 37.1 Å². The molecule has 0 unspecified atom stereocenters. The molecule has 0 radical (unpaired) electrons. The number of hydrogen-bond acceptors (Lipinski definition) is 4. The van der Waals surface area contributed by atoms with Crippen LogP contribution in [0.5, 0.6) is 0 Å². The fourth-order valence-electron chi connectivity index (χ4n) is 4.61. The summed E-state index contributed by atoms with van der Waals surface area (Å²) in [5.41, 5.74) is 1.79. The lowest BCUT2D eigenvalue weighted by atomic mass is 10.1. The van der Waals surface area contributed by atoms with Crippen molar-refractivity contribution in [3.63, 3.8) is 0 Å². The molecule has 5 nitrogen and oxygen atoms in total. The van der Waals surface area contributed by atoms with Crippen molar-refractivity contribution in [2.45, 2.75) is 38.3 Å². The maximum Gasteiger partial charge on any atom is 0.222 e. The standard InChI is InChI=1S/C29H26ClF2N3O2/c30-25-16-23(13-12-21(25)17-33)35(18-22-8-4-9-26(31)29(22)32)24-14-15-34(19-24)28(37)11-5-10-27(36)20-6-2-1-3-7-20/h1-4,6-9,12-13,16,24H,5,10-11,14-15,18-19H2/t24-/m0/s1. The number of amides is 1. The Balaban J connectivity index is 1.44. The molecule has 1 heterocycles. The molecule has 4 rings (SSSR count). The number of nitrogens with zero attached hydrogens (tertiary/aromatic N) is 3. The highest BCUT2D eigenvalue weighted by Gasteiger charge is 2.31. The van der Waals surface area contributed by atoms with E-state index in [0.29, 0.717) is 49.2 Å². The van der Waals surface area contributed by atoms with E-state index in [1.807, 2.05) is 29.2 Å². The second-order valence-corrected chi connectivity index (χ2v) is 9.45. The highest BCUT2D eigenvalue weighted by atomic mass is 35.5. The Bertz CT molecular complexity index is 1330. The van der Waals surface area contributed by atoms with Gasteiger partial charge >= 0.3 is 0 Å². The van der Waals surface area contributed by atoms with Crippen molar-refractivity contribution in [2.24, 2.45) is 0 Å². The first-order chi connectivity index (χ1) is 17.9. The molecule has 0 N–H and O–H groups in total. The summed E-state index contributed by atoms with van der Waals surface area (Å²) in [6.07, 6.45) is 1.63. The molecule has 1 aliphatic heterocycles. The molecule has 190 valence electrons. The van der Waals surface area contributed by atoms with Crippen LogP contribution in [0, 0.1) is 23.0 Å². The Hall–Kier alpha value is -3.76. The van der Waals surface area contributed by atoms with E-state index < -0.39 is 11.6 Å². The Kier molecular flexibility index (Phi) is 8.52. The first-order valence-electron chi connectivity index (χ1n) is 12.1. The largest absolute Gasteiger partial charge is 0.362 e. The van der Waals surface area contributed by atoms with Gasteiger partial charge < -0.3 is 9.80 Å². The third kappa shape index (κ3) is 6.33. The van der Waals surface area contributed by atoms with E-state index in [4.69, 9.17) is 11.6 Å². The smallest absolute Gasteiger partial charge is 0.222 e. The summed E-state index contributed by atoms with van der Waals surface area (Å²) in [5.74, 6) is -1.88. The minimum absolute atomic E-state index is 0.00804. The second-order valence-electron chi connectivity index (χ2n) is 9.04. The quantitative estimate of drug-likeness (QED) is 0.317. The lowest BCUT2D eigenvalue weighted by Crippen LogP contribution is -2.39. The molecule has 3 aromatic rings. The summed E-state index contributed by atoms with van der Waals surface area (Å²) in [6.45, 7) is 0.992. The molecular weight excluding hydrogens is 496 g/mol. The lowest BCUT2D eigenvalue weighted by Gasteiger charge is -2.32. The van der Waals surface area contributed by atoms with Gasteiger partial charge in [0.25, 0.3) is 0 Å². The van der Waals surface area contributed by atoms with Gasteiger partial charge in [0, 0.05) is 55.3 Å². The van der Waals surface area contributed by atoms with E-state index in [1.54, 1.807) is 35.2 Å². The van der Waals surface area contributed by atoms with Crippen LogP contribution in [0.1, 0.15) is 47.2 Å². The predicted molar refractivity (Wildman–Crippen MR) is 138 cm³/mol. The monoisotopic (exact) mass is 521 g/mol. The van der Waals surface area contributed by atoms with Gasteiger partial charge in [-0.3, -0.25) is 9.59 Å². The summed E-state index contributed by atoms with van der Waals surface area (Å²) in [5, 5.41) is 9.49. The minimum atomic E-state index is -0.927. The van der Waals surface area contributed by atoms with Crippen LogP contribution >= 0.6 is 11.6 Å².